The summed E-state index contributed by atoms with van der Waals surface area (Å²) < 4.78 is 0. The number of benzene rings is 1. The Morgan fingerprint density at radius 2 is 2.04 bits per heavy atom. The molecule has 0 amide bonds. The lowest BCUT2D eigenvalue weighted by Gasteiger charge is -2.21. The highest BCUT2D eigenvalue weighted by atomic mass is 15.5. The topological polar surface area (TPSA) is 65.7 Å². The highest BCUT2D eigenvalue weighted by Gasteiger charge is 2.18. The van der Waals surface area contributed by atoms with Gasteiger partial charge in [0.15, 0.2) is 0 Å². The van der Waals surface area contributed by atoms with E-state index in [0.717, 1.165) is 47.8 Å². The van der Waals surface area contributed by atoms with Gasteiger partial charge in [-0.15, -0.1) is 0 Å². The monoisotopic (exact) mass is 325 g/mol. The molecule has 1 saturated carbocycles. The standard InChI is InChI=1S/C19H27N5/c1-12(13(2)23-19(20)14-6-5-7-14)18(21-3)15-8-9-17-16(10-15)11-22-24(17)4/h8-10,22-23H,5-7,11,20H2,1-4H3/b13-12+,21-18+. The van der Waals surface area contributed by atoms with Crippen LogP contribution in [0.25, 0.3) is 0 Å². The van der Waals surface area contributed by atoms with Crippen molar-refractivity contribution < 1.29 is 0 Å². The second-order valence-electron chi connectivity index (χ2n) is 6.56. The number of allylic oxidation sites excluding steroid dienone is 3. The largest absolute Gasteiger partial charge is 0.385 e. The summed E-state index contributed by atoms with van der Waals surface area (Å²) in [6.45, 7) is 5.02. The Morgan fingerprint density at radius 3 is 2.67 bits per heavy atom. The lowest BCUT2D eigenvalue weighted by molar-refractivity contribution is 0.635. The van der Waals surface area contributed by atoms with Gasteiger partial charge in [-0.05, 0) is 62.0 Å². The number of nitrogens with one attached hydrogen (secondary N) is 2. The van der Waals surface area contributed by atoms with Crippen molar-refractivity contribution in [2.75, 3.05) is 19.1 Å². The van der Waals surface area contributed by atoms with Crippen molar-refractivity contribution >= 4 is 11.4 Å². The zero-order chi connectivity index (χ0) is 17.3. The Hall–Kier alpha value is -2.27. The summed E-state index contributed by atoms with van der Waals surface area (Å²) in [4.78, 5) is 4.54. The van der Waals surface area contributed by atoms with Crippen LogP contribution in [0.5, 0.6) is 0 Å². The maximum Gasteiger partial charge on any atom is 0.0994 e. The van der Waals surface area contributed by atoms with Crippen LogP contribution in [0.3, 0.4) is 0 Å². The quantitative estimate of drug-likeness (QED) is 0.745. The predicted molar refractivity (Wildman–Crippen MR) is 101 cm³/mol. The number of rotatable bonds is 4. The second-order valence-corrected chi connectivity index (χ2v) is 6.56. The van der Waals surface area contributed by atoms with Crippen molar-refractivity contribution in [3.8, 4) is 0 Å². The second kappa shape index (κ2) is 6.69. The van der Waals surface area contributed by atoms with Gasteiger partial charge in [-0.1, -0.05) is 6.07 Å². The molecule has 5 heteroatoms. The van der Waals surface area contributed by atoms with Crippen LogP contribution in [-0.2, 0) is 6.54 Å². The zero-order valence-electron chi connectivity index (χ0n) is 15.0. The summed E-state index contributed by atoms with van der Waals surface area (Å²) in [5.74, 6) is 0.813. The Morgan fingerprint density at radius 1 is 1.29 bits per heavy atom. The van der Waals surface area contributed by atoms with Crippen LogP contribution in [0.1, 0.15) is 44.2 Å². The van der Waals surface area contributed by atoms with Crippen LogP contribution < -0.4 is 21.5 Å². The SMILES string of the molecule is C/N=C(\C(C)=C(/C)NC(N)=C1CCC1)c1ccc2c(c1)CNN2C. The van der Waals surface area contributed by atoms with Crippen molar-refractivity contribution in [3.05, 3.63) is 52.0 Å². The van der Waals surface area contributed by atoms with Crippen molar-refractivity contribution in [1.29, 1.82) is 0 Å². The molecule has 2 aliphatic rings. The molecular weight excluding hydrogens is 298 g/mol. The third-order valence-corrected chi connectivity index (χ3v) is 5.02. The minimum Gasteiger partial charge on any atom is -0.385 e. The molecule has 5 nitrogen and oxygen atoms in total. The number of nitrogens with zero attached hydrogens (tertiary/aromatic N) is 2. The fraction of sp³-hybridized carbons (Fsp3) is 0.421. The van der Waals surface area contributed by atoms with Gasteiger partial charge < -0.3 is 16.1 Å². The molecular formula is C19H27N5. The van der Waals surface area contributed by atoms with E-state index < -0.39 is 0 Å². The van der Waals surface area contributed by atoms with E-state index in [9.17, 15) is 0 Å². The molecule has 1 aromatic rings. The number of fused-ring (bicyclic) bond motifs is 1. The number of hydrazine groups is 1. The third kappa shape index (κ3) is 3.04. The van der Waals surface area contributed by atoms with Crippen LogP contribution in [0.2, 0.25) is 0 Å². The summed E-state index contributed by atoms with van der Waals surface area (Å²) in [7, 11) is 3.88. The normalized spacial score (nSPS) is 18.1. The summed E-state index contributed by atoms with van der Waals surface area (Å²) in [5.41, 5.74) is 17.7. The van der Waals surface area contributed by atoms with E-state index in [2.05, 4.69) is 52.8 Å². The Labute approximate surface area is 144 Å². The molecule has 1 aliphatic heterocycles. The van der Waals surface area contributed by atoms with Gasteiger partial charge in [-0.3, -0.25) is 4.99 Å². The predicted octanol–water partition coefficient (Wildman–Crippen LogP) is 2.80. The fourth-order valence-corrected chi connectivity index (χ4v) is 3.19. The van der Waals surface area contributed by atoms with Gasteiger partial charge >= 0.3 is 0 Å². The Bertz CT molecular complexity index is 736. The summed E-state index contributed by atoms with van der Waals surface area (Å²) in [6.07, 6.45) is 3.48. The van der Waals surface area contributed by atoms with Gasteiger partial charge in [0.05, 0.1) is 17.2 Å². The average Bonchev–Trinajstić information content (AvgIpc) is 2.87. The summed E-state index contributed by atoms with van der Waals surface area (Å²) in [5, 5.41) is 5.42. The van der Waals surface area contributed by atoms with Gasteiger partial charge in [-0.25, -0.2) is 5.43 Å². The minimum absolute atomic E-state index is 0.813. The molecule has 1 heterocycles. The first-order chi connectivity index (χ1) is 11.5. The van der Waals surface area contributed by atoms with E-state index in [1.807, 2.05) is 14.1 Å². The van der Waals surface area contributed by atoms with Crippen LogP contribution in [-0.4, -0.2) is 19.8 Å². The molecule has 24 heavy (non-hydrogen) atoms. The van der Waals surface area contributed by atoms with Crippen LogP contribution in [0.15, 0.2) is 45.9 Å². The molecule has 1 aliphatic carbocycles. The fourth-order valence-electron chi connectivity index (χ4n) is 3.19. The molecule has 0 unspecified atom stereocenters. The van der Waals surface area contributed by atoms with E-state index in [4.69, 9.17) is 5.73 Å². The van der Waals surface area contributed by atoms with Crippen molar-refractivity contribution in [3.63, 3.8) is 0 Å². The third-order valence-electron chi connectivity index (χ3n) is 5.02. The molecule has 128 valence electrons. The number of anilines is 1. The molecule has 0 radical (unpaired) electrons. The molecule has 0 bridgehead atoms. The van der Waals surface area contributed by atoms with E-state index in [1.54, 1.807) is 0 Å². The van der Waals surface area contributed by atoms with E-state index in [-0.39, 0.29) is 0 Å². The first kappa shape index (κ1) is 16.6. The highest BCUT2D eigenvalue weighted by Crippen LogP contribution is 2.28. The molecule has 0 spiro atoms. The van der Waals surface area contributed by atoms with Crippen LogP contribution >= 0.6 is 0 Å². The lowest BCUT2D eigenvalue weighted by atomic mass is 9.92. The van der Waals surface area contributed by atoms with Crippen LogP contribution in [0.4, 0.5) is 5.69 Å². The van der Waals surface area contributed by atoms with Crippen molar-refractivity contribution in [2.45, 2.75) is 39.7 Å². The van der Waals surface area contributed by atoms with E-state index in [1.165, 1.54) is 23.2 Å². The summed E-state index contributed by atoms with van der Waals surface area (Å²) in [6, 6.07) is 6.50. The van der Waals surface area contributed by atoms with Gasteiger partial charge in [0.25, 0.3) is 0 Å². The molecule has 0 atom stereocenters. The zero-order valence-corrected chi connectivity index (χ0v) is 15.0. The lowest BCUT2D eigenvalue weighted by Crippen LogP contribution is -2.26. The van der Waals surface area contributed by atoms with Crippen molar-refractivity contribution in [1.82, 2.24) is 10.7 Å². The number of nitrogens with two attached hydrogens (primary N) is 1. The Kier molecular flexibility index (Phi) is 4.62. The first-order valence-corrected chi connectivity index (χ1v) is 8.51. The molecule has 1 fully saturated rings. The van der Waals surface area contributed by atoms with E-state index >= 15 is 0 Å². The molecule has 4 N–H and O–H groups in total. The maximum atomic E-state index is 6.17. The first-order valence-electron chi connectivity index (χ1n) is 8.51. The van der Waals surface area contributed by atoms with Crippen molar-refractivity contribution in [2.24, 2.45) is 10.7 Å². The van der Waals surface area contributed by atoms with Gasteiger partial charge in [-0.2, -0.15) is 0 Å². The van der Waals surface area contributed by atoms with Crippen LogP contribution in [0, 0.1) is 0 Å². The molecule has 3 rings (SSSR count). The average molecular weight is 325 g/mol. The molecule has 1 aromatic carbocycles. The minimum atomic E-state index is 0.813. The maximum absolute atomic E-state index is 6.17. The van der Waals surface area contributed by atoms with E-state index in [0.29, 0.717) is 0 Å². The number of hydrogen-bond donors (Lipinski definition) is 3. The van der Waals surface area contributed by atoms with Gasteiger partial charge in [0.1, 0.15) is 0 Å². The highest BCUT2D eigenvalue weighted by molar-refractivity contribution is 6.12. The van der Waals surface area contributed by atoms with Gasteiger partial charge in [0, 0.05) is 31.9 Å². The smallest absolute Gasteiger partial charge is 0.0994 e. The number of hydrogen-bond acceptors (Lipinski definition) is 5. The Balaban J connectivity index is 1.87. The molecule has 0 aromatic heterocycles. The summed E-state index contributed by atoms with van der Waals surface area (Å²) >= 11 is 0. The van der Waals surface area contributed by atoms with Gasteiger partial charge in [0.2, 0.25) is 0 Å². The number of aliphatic imine (C=N–C) groups is 1. The molecule has 0 saturated heterocycles.